The van der Waals surface area contributed by atoms with Gasteiger partial charge in [0.2, 0.25) is 0 Å². The van der Waals surface area contributed by atoms with Crippen LogP contribution in [-0.2, 0) is 6.42 Å². The lowest BCUT2D eigenvalue weighted by molar-refractivity contribution is 0.418. The monoisotopic (exact) mass is 237 g/mol. The molecular weight excluding hydrogens is 218 g/mol. The van der Waals surface area contributed by atoms with E-state index in [1.54, 1.807) is 0 Å². The van der Waals surface area contributed by atoms with Crippen molar-refractivity contribution >= 4 is 11.3 Å². The molecule has 0 N–H and O–H groups in total. The summed E-state index contributed by atoms with van der Waals surface area (Å²) in [6.07, 6.45) is 5.26. The maximum atomic E-state index is 4.31. The van der Waals surface area contributed by atoms with E-state index in [0.29, 0.717) is 0 Å². The van der Waals surface area contributed by atoms with Crippen molar-refractivity contribution in [1.82, 2.24) is 0 Å². The Morgan fingerprint density at radius 3 is 2.83 bits per heavy atom. The predicted octanol–water partition coefficient (Wildman–Crippen LogP) is 4.17. The van der Waals surface area contributed by atoms with Crippen LogP contribution in [0.3, 0.4) is 0 Å². The van der Waals surface area contributed by atoms with Crippen LogP contribution in [0.1, 0.15) is 25.0 Å². The summed E-state index contributed by atoms with van der Waals surface area (Å²) in [4.78, 5) is 2.36. The SMILES string of the molecule is C=CC1=CCN2C(=C)C(C)(C)Cc3cccc1c32. The van der Waals surface area contributed by atoms with Crippen molar-refractivity contribution in [2.45, 2.75) is 20.3 Å². The minimum absolute atomic E-state index is 0.144. The second-order valence-corrected chi connectivity index (χ2v) is 5.79. The van der Waals surface area contributed by atoms with Crippen LogP contribution < -0.4 is 4.90 Å². The van der Waals surface area contributed by atoms with Gasteiger partial charge in [0.1, 0.15) is 0 Å². The van der Waals surface area contributed by atoms with Crippen molar-refractivity contribution in [3.05, 3.63) is 60.3 Å². The van der Waals surface area contributed by atoms with Gasteiger partial charge < -0.3 is 4.90 Å². The molecule has 1 heteroatoms. The highest BCUT2D eigenvalue weighted by Crippen LogP contribution is 2.47. The first-order chi connectivity index (χ1) is 8.54. The molecule has 0 bridgehead atoms. The van der Waals surface area contributed by atoms with Crippen molar-refractivity contribution in [2.75, 3.05) is 11.4 Å². The van der Waals surface area contributed by atoms with E-state index in [-0.39, 0.29) is 5.41 Å². The van der Waals surface area contributed by atoms with Crippen LogP contribution >= 0.6 is 0 Å². The summed E-state index contributed by atoms with van der Waals surface area (Å²) in [5.74, 6) is 0. The smallest absolute Gasteiger partial charge is 0.0523 e. The van der Waals surface area contributed by atoms with Crippen LogP contribution in [0.4, 0.5) is 5.69 Å². The number of hydrogen-bond donors (Lipinski definition) is 0. The van der Waals surface area contributed by atoms with E-state index < -0.39 is 0 Å². The lowest BCUT2D eigenvalue weighted by Crippen LogP contribution is -2.39. The van der Waals surface area contributed by atoms with Gasteiger partial charge in [-0.1, -0.05) is 57.4 Å². The number of hydrogen-bond acceptors (Lipinski definition) is 1. The van der Waals surface area contributed by atoms with E-state index in [4.69, 9.17) is 0 Å². The Morgan fingerprint density at radius 1 is 1.33 bits per heavy atom. The van der Waals surface area contributed by atoms with Crippen molar-refractivity contribution in [1.29, 1.82) is 0 Å². The molecule has 0 spiro atoms. The maximum absolute atomic E-state index is 4.31. The quantitative estimate of drug-likeness (QED) is 0.708. The lowest BCUT2D eigenvalue weighted by atomic mass is 9.76. The van der Waals surface area contributed by atoms with Gasteiger partial charge in [-0.3, -0.25) is 0 Å². The second-order valence-electron chi connectivity index (χ2n) is 5.79. The average molecular weight is 237 g/mol. The highest BCUT2D eigenvalue weighted by Gasteiger charge is 2.36. The fraction of sp³-hybridized carbons (Fsp3) is 0.294. The number of para-hydroxylation sites is 1. The molecule has 0 saturated carbocycles. The molecule has 0 aromatic heterocycles. The summed E-state index contributed by atoms with van der Waals surface area (Å²) in [5.41, 5.74) is 6.69. The van der Waals surface area contributed by atoms with E-state index >= 15 is 0 Å². The maximum Gasteiger partial charge on any atom is 0.0523 e. The van der Waals surface area contributed by atoms with Crippen LogP contribution in [0.2, 0.25) is 0 Å². The molecule has 0 unspecified atom stereocenters. The highest BCUT2D eigenvalue weighted by molar-refractivity contribution is 5.88. The molecule has 1 aromatic carbocycles. The van der Waals surface area contributed by atoms with Crippen molar-refractivity contribution in [3.63, 3.8) is 0 Å². The third-order valence-corrected chi connectivity index (χ3v) is 4.15. The molecule has 3 rings (SSSR count). The first-order valence-corrected chi connectivity index (χ1v) is 6.46. The molecule has 2 aliphatic rings. The Bertz CT molecular complexity index is 575. The van der Waals surface area contributed by atoms with E-state index in [1.807, 2.05) is 6.08 Å². The Kier molecular flexibility index (Phi) is 2.28. The van der Waals surface area contributed by atoms with Gasteiger partial charge in [-0.2, -0.15) is 0 Å². The van der Waals surface area contributed by atoms with E-state index in [1.165, 1.54) is 28.1 Å². The topological polar surface area (TPSA) is 3.24 Å². The molecule has 0 fully saturated rings. The molecule has 0 amide bonds. The Morgan fingerprint density at radius 2 is 2.11 bits per heavy atom. The van der Waals surface area contributed by atoms with Gasteiger partial charge >= 0.3 is 0 Å². The molecule has 0 atom stereocenters. The van der Waals surface area contributed by atoms with Crippen LogP contribution in [0.25, 0.3) is 5.57 Å². The fourth-order valence-corrected chi connectivity index (χ4v) is 3.06. The zero-order valence-corrected chi connectivity index (χ0v) is 11.2. The van der Waals surface area contributed by atoms with Crippen LogP contribution in [0.5, 0.6) is 0 Å². The minimum atomic E-state index is 0.144. The van der Waals surface area contributed by atoms with Gasteiger partial charge in [0, 0.05) is 23.2 Å². The molecule has 92 valence electrons. The van der Waals surface area contributed by atoms with Gasteiger partial charge in [-0.15, -0.1) is 0 Å². The molecule has 1 aromatic rings. The lowest BCUT2D eigenvalue weighted by Gasteiger charge is -2.45. The molecule has 0 radical (unpaired) electrons. The zero-order chi connectivity index (χ0) is 12.9. The first-order valence-electron chi connectivity index (χ1n) is 6.46. The van der Waals surface area contributed by atoms with Gasteiger partial charge in [0.25, 0.3) is 0 Å². The summed E-state index contributed by atoms with van der Waals surface area (Å²) < 4.78 is 0. The number of nitrogens with zero attached hydrogens (tertiary/aromatic N) is 1. The normalized spacial score (nSPS) is 20.2. The number of benzene rings is 1. The third-order valence-electron chi connectivity index (χ3n) is 4.15. The van der Waals surface area contributed by atoms with E-state index in [0.717, 1.165) is 13.0 Å². The van der Waals surface area contributed by atoms with Crippen molar-refractivity contribution in [2.24, 2.45) is 5.41 Å². The van der Waals surface area contributed by atoms with Crippen molar-refractivity contribution < 1.29 is 0 Å². The zero-order valence-electron chi connectivity index (χ0n) is 11.2. The summed E-state index contributed by atoms with van der Waals surface area (Å²) in [7, 11) is 0. The summed E-state index contributed by atoms with van der Waals surface area (Å²) in [6.45, 7) is 13.7. The van der Waals surface area contributed by atoms with Gasteiger partial charge in [-0.05, 0) is 17.6 Å². The molecule has 0 aliphatic carbocycles. The van der Waals surface area contributed by atoms with Crippen LogP contribution in [-0.4, -0.2) is 6.54 Å². The molecule has 1 nitrogen and oxygen atoms in total. The van der Waals surface area contributed by atoms with E-state index in [9.17, 15) is 0 Å². The predicted molar refractivity (Wildman–Crippen MR) is 78.6 cm³/mol. The number of rotatable bonds is 1. The largest absolute Gasteiger partial charge is 0.341 e. The molecule has 2 heterocycles. The third kappa shape index (κ3) is 1.40. The van der Waals surface area contributed by atoms with Crippen molar-refractivity contribution in [3.8, 4) is 0 Å². The fourth-order valence-electron chi connectivity index (χ4n) is 3.06. The van der Waals surface area contributed by atoms with Crippen LogP contribution in [0.15, 0.2) is 49.2 Å². The standard InChI is InChI=1S/C17H19N/c1-5-13-9-10-18-12(2)17(3,4)11-14-7-6-8-15(13)16(14)18/h5-9H,1-2,10-11H2,3-4H3. The Labute approximate surface area is 109 Å². The van der Waals surface area contributed by atoms with Gasteiger partial charge in [0.15, 0.2) is 0 Å². The molecule has 2 aliphatic heterocycles. The highest BCUT2D eigenvalue weighted by atomic mass is 15.2. The summed E-state index contributed by atoms with van der Waals surface area (Å²) >= 11 is 0. The molecule has 0 saturated heterocycles. The Balaban J connectivity index is 2.25. The summed E-state index contributed by atoms with van der Waals surface area (Å²) in [6, 6.07) is 6.58. The second kappa shape index (κ2) is 3.61. The number of anilines is 1. The summed E-state index contributed by atoms with van der Waals surface area (Å²) in [5, 5.41) is 0. The minimum Gasteiger partial charge on any atom is -0.341 e. The van der Waals surface area contributed by atoms with E-state index in [2.05, 4.69) is 56.2 Å². The Hall–Kier alpha value is -1.76. The molecular formula is C17H19N. The van der Waals surface area contributed by atoms with Crippen LogP contribution in [0, 0.1) is 5.41 Å². The first kappa shape index (κ1) is 11.3. The van der Waals surface area contributed by atoms with Gasteiger partial charge in [-0.25, -0.2) is 0 Å². The molecule has 18 heavy (non-hydrogen) atoms. The van der Waals surface area contributed by atoms with Gasteiger partial charge in [0.05, 0.1) is 5.69 Å². The average Bonchev–Trinajstić information content (AvgIpc) is 2.35. The number of allylic oxidation sites excluding steroid dienone is 3.